The SMILES string of the molecule is C1=CCCC(c2cccc(N(c3ccc(-n4c5ccccc5c5ccc6ccccc6c54)cc3)c3cccc4c3c3ccccc3n4-c3ccccc3)c2)=C1. The van der Waals surface area contributed by atoms with Gasteiger partial charge in [0.05, 0.1) is 27.8 Å². The first-order chi connectivity index (χ1) is 27.3. The van der Waals surface area contributed by atoms with Gasteiger partial charge in [-0.3, -0.25) is 0 Å². The van der Waals surface area contributed by atoms with Crippen molar-refractivity contribution in [3.63, 3.8) is 0 Å². The van der Waals surface area contributed by atoms with Crippen LogP contribution in [0.3, 0.4) is 0 Å². The molecule has 55 heavy (non-hydrogen) atoms. The topological polar surface area (TPSA) is 13.1 Å². The summed E-state index contributed by atoms with van der Waals surface area (Å²) >= 11 is 0. The smallest absolute Gasteiger partial charge is 0.0619 e. The lowest BCUT2D eigenvalue weighted by molar-refractivity contribution is 1.05. The average Bonchev–Trinajstić information content (AvgIpc) is 3.79. The quantitative estimate of drug-likeness (QED) is 0.168. The highest BCUT2D eigenvalue weighted by molar-refractivity contribution is 6.19. The first-order valence-corrected chi connectivity index (χ1v) is 19.2. The standard InChI is InChI=1S/C52H37N3/c1-3-15-36(16-4-1)38-18-13-21-42(35-38)53(49-27-14-28-50-51(49)46-24-10-12-26-48(46)54(50)39-19-5-2-6-20-39)40-30-32-41(33-31-40)55-47-25-11-9-23-44(47)45-34-29-37-17-7-8-22-43(37)52(45)55/h1-3,5-15,17-35H,4,16H2. The normalized spacial score (nSPS) is 13.0. The maximum Gasteiger partial charge on any atom is 0.0619 e. The van der Waals surface area contributed by atoms with E-state index in [1.54, 1.807) is 0 Å². The van der Waals surface area contributed by atoms with E-state index >= 15 is 0 Å². The molecule has 0 N–H and O–H groups in total. The van der Waals surface area contributed by atoms with Crippen molar-refractivity contribution in [2.45, 2.75) is 12.8 Å². The monoisotopic (exact) mass is 703 g/mol. The maximum absolute atomic E-state index is 2.46. The Balaban J connectivity index is 1.15. The summed E-state index contributed by atoms with van der Waals surface area (Å²) in [5, 5.41) is 7.49. The van der Waals surface area contributed by atoms with Crippen LogP contribution in [0.25, 0.3) is 71.3 Å². The van der Waals surface area contributed by atoms with Crippen LogP contribution >= 0.6 is 0 Å². The molecule has 0 unspecified atom stereocenters. The fourth-order valence-corrected chi connectivity index (χ4v) is 8.91. The number of hydrogen-bond donors (Lipinski definition) is 0. The molecule has 2 aromatic heterocycles. The molecule has 0 radical (unpaired) electrons. The van der Waals surface area contributed by atoms with Crippen molar-refractivity contribution in [3.8, 4) is 11.4 Å². The molecule has 2 heterocycles. The Hall–Kier alpha value is -7.10. The Labute approximate surface area is 319 Å². The highest BCUT2D eigenvalue weighted by Gasteiger charge is 2.22. The van der Waals surface area contributed by atoms with Gasteiger partial charge in [0.1, 0.15) is 0 Å². The van der Waals surface area contributed by atoms with Gasteiger partial charge in [-0.15, -0.1) is 0 Å². The van der Waals surface area contributed by atoms with E-state index in [0.717, 1.165) is 41.3 Å². The number of hydrogen-bond acceptors (Lipinski definition) is 1. The molecule has 10 aromatic rings. The molecule has 0 amide bonds. The minimum Gasteiger partial charge on any atom is -0.310 e. The maximum atomic E-state index is 2.46. The summed E-state index contributed by atoms with van der Waals surface area (Å²) in [7, 11) is 0. The highest BCUT2D eigenvalue weighted by Crippen LogP contribution is 2.45. The van der Waals surface area contributed by atoms with Crippen molar-refractivity contribution >= 4 is 77.0 Å². The van der Waals surface area contributed by atoms with Crippen LogP contribution in [0, 0.1) is 0 Å². The first-order valence-electron chi connectivity index (χ1n) is 19.2. The van der Waals surface area contributed by atoms with Crippen molar-refractivity contribution in [2.24, 2.45) is 0 Å². The summed E-state index contributed by atoms with van der Waals surface area (Å²) < 4.78 is 4.84. The summed E-state index contributed by atoms with van der Waals surface area (Å²) in [5.41, 5.74) is 13.1. The van der Waals surface area contributed by atoms with Crippen LogP contribution in [0.15, 0.2) is 200 Å². The van der Waals surface area contributed by atoms with Crippen LogP contribution in [-0.2, 0) is 0 Å². The number of nitrogens with zero attached hydrogens (tertiary/aromatic N) is 3. The fourth-order valence-electron chi connectivity index (χ4n) is 8.91. The minimum absolute atomic E-state index is 1.04. The molecule has 0 aliphatic heterocycles. The molecule has 0 fully saturated rings. The number of benzene rings is 8. The lowest BCUT2D eigenvalue weighted by Crippen LogP contribution is -2.11. The average molecular weight is 704 g/mol. The van der Waals surface area contributed by atoms with Crippen molar-refractivity contribution in [3.05, 3.63) is 206 Å². The van der Waals surface area contributed by atoms with Crippen molar-refractivity contribution in [1.29, 1.82) is 0 Å². The number of para-hydroxylation sites is 3. The lowest BCUT2D eigenvalue weighted by Gasteiger charge is -2.27. The van der Waals surface area contributed by atoms with E-state index in [2.05, 4.69) is 214 Å². The minimum atomic E-state index is 1.04. The highest BCUT2D eigenvalue weighted by atomic mass is 15.1. The predicted octanol–water partition coefficient (Wildman–Crippen LogP) is 14.2. The number of allylic oxidation sites excluding steroid dienone is 4. The zero-order valence-corrected chi connectivity index (χ0v) is 30.3. The van der Waals surface area contributed by atoms with E-state index in [0.29, 0.717) is 0 Å². The Morgan fingerprint density at radius 2 is 1.15 bits per heavy atom. The van der Waals surface area contributed by atoms with Gasteiger partial charge in [-0.2, -0.15) is 0 Å². The van der Waals surface area contributed by atoms with E-state index in [9.17, 15) is 0 Å². The molecular formula is C52H37N3. The Morgan fingerprint density at radius 3 is 1.96 bits per heavy atom. The van der Waals surface area contributed by atoms with Crippen LogP contribution in [0.2, 0.25) is 0 Å². The van der Waals surface area contributed by atoms with Gasteiger partial charge in [0, 0.05) is 49.7 Å². The van der Waals surface area contributed by atoms with Crippen LogP contribution in [0.1, 0.15) is 18.4 Å². The molecule has 3 nitrogen and oxygen atoms in total. The Kier molecular flexibility index (Phi) is 7.31. The summed E-state index contributed by atoms with van der Waals surface area (Å²) in [6.07, 6.45) is 8.83. The van der Waals surface area contributed by atoms with E-state index in [4.69, 9.17) is 0 Å². The third-order valence-corrected chi connectivity index (χ3v) is 11.3. The molecule has 260 valence electrons. The largest absolute Gasteiger partial charge is 0.310 e. The van der Waals surface area contributed by atoms with Gasteiger partial charge in [0.15, 0.2) is 0 Å². The molecular weight excluding hydrogens is 667 g/mol. The molecule has 1 aliphatic carbocycles. The van der Waals surface area contributed by atoms with Crippen molar-refractivity contribution < 1.29 is 0 Å². The lowest BCUT2D eigenvalue weighted by atomic mass is 9.96. The van der Waals surface area contributed by atoms with Gasteiger partial charge in [-0.25, -0.2) is 0 Å². The number of rotatable bonds is 6. The van der Waals surface area contributed by atoms with E-state index < -0.39 is 0 Å². The second-order valence-electron chi connectivity index (χ2n) is 14.5. The molecule has 0 bridgehead atoms. The molecule has 11 rings (SSSR count). The second-order valence-corrected chi connectivity index (χ2v) is 14.5. The van der Waals surface area contributed by atoms with E-state index in [-0.39, 0.29) is 0 Å². The second kappa shape index (κ2) is 12.8. The van der Waals surface area contributed by atoms with Crippen LogP contribution in [0.4, 0.5) is 17.1 Å². The molecule has 0 spiro atoms. The molecule has 0 saturated carbocycles. The predicted molar refractivity (Wildman–Crippen MR) is 234 cm³/mol. The molecule has 1 aliphatic rings. The van der Waals surface area contributed by atoms with E-state index in [1.807, 2.05) is 0 Å². The third kappa shape index (κ3) is 5.04. The summed E-state index contributed by atoms with van der Waals surface area (Å²) in [4.78, 5) is 2.46. The van der Waals surface area contributed by atoms with Crippen LogP contribution in [0.5, 0.6) is 0 Å². The van der Waals surface area contributed by atoms with Crippen LogP contribution < -0.4 is 4.90 Å². The fraction of sp³-hybridized carbons (Fsp3) is 0.0385. The summed E-state index contributed by atoms with van der Waals surface area (Å²) in [6.45, 7) is 0. The van der Waals surface area contributed by atoms with Gasteiger partial charge < -0.3 is 14.0 Å². The molecule has 8 aromatic carbocycles. The zero-order chi connectivity index (χ0) is 36.3. The van der Waals surface area contributed by atoms with E-state index in [1.165, 1.54) is 65.5 Å². The van der Waals surface area contributed by atoms with Gasteiger partial charge in [0.2, 0.25) is 0 Å². The number of fused-ring (bicyclic) bond motifs is 8. The van der Waals surface area contributed by atoms with Gasteiger partial charge in [-0.05, 0) is 102 Å². The van der Waals surface area contributed by atoms with Gasteiger partial charge in [-0.1, -0.05) is 127 Å². The van der Waals surface area contributed by atoms with Crippen molar-refractivity contribution in [1.82, 2.24) is 9.13 Å². The molecule has 0 atom stereocenters. The van der Waals surface area contributed by atoms with Gasteiger partial charge in [0.25, 0.3) is 0 Å². The van der Waals surface area contributed by atoms with Crippen molar-refractivity contribution in [2.75, 3.05) is 4.90 Å². The number of aromatic nitrogens is 2. The Bertz CT molecular complexity index is 3140. The zero-order valence-electron chi connectivity index (χ0n) is 30.3. The summed E-state index contributed by atoms with van der Waals surface area (Å²) in [6, 6.07) is 66.6. The first kappa shape index (κ1) is 31.4. The molecule has 0 saturated heterocycles. The van der Waals surface area contributed by atoms with Gasteiger partial charge >= 0.3 is 0 Å². The summed E-state index contributed by atoms with van der Waals surface area (Å²) in [5.74, 6) is 0. The molecule has 3 heteroatoms. The Morgan fingerprint density at radius 1 is 0.455 bits per heavy atom. The number of anilines is 3. The van der Waals surface area contributed by atoms with Crippen LogP contribution in [-0.4, -0.2) is 9.13 Å². The third-order valence-electron chi connectivity index (χ3n) is 11.3.